The number of hydrogen-bond donors (Lipinski definition) is 1. The molecule has 1 aromatic carbocycles. The zero-order chi connectivity index (χ0) is 14.3. The summed E-state index contributed by atoms with van der Waals surface area (Å²) in [6.45, 7) is 8.57. The van der Waals surface area contributed by atoms with E-state index in [1.165, 1.54) is 18.4 Å². The van der Waals surface area contributed by atoms with Crippen molar-refractivity contribution in [2.24, 2.45) is 5.73 Å². The van der Waals surface area contributed by atoms with Gasteiger partial charge in [0.25, 0.3) is 0 Å². The molecular weight excluding hydrogens is 256 g/mol. The fourth-order valence-corrected chi connectivity index (χ4v) is 2.50. The van der Waals surface area contributed by atoms with Gasteiger partial charge in [-0.1, -0.05) is 37.9 Å². The number of rotatable bonds is 8. The van der Waals surface area contributed by atoms with Gasteiger partial charge in [0.2, 0.25) is 0 Å². The van der Waals surface area contributed by atoms with Crippen LogP contribution in [0.2, 0.25) is 5.02 Å². The van der Waals surface area contributed by atoms with Crippen molar-refractivity contribution in [3.05, 3.63) is 28.8 Å². The summed E-state index contributed by atoms with van der Waals surface area (Å²) in [6, 6.07) is 6.59. The van der Waals surface area contributed by atoms with Gasteiger partial charge in [-0.05, 0) is 43.9 Å². The Balaban J connectivity index is 2.80. The normalized spacial score (nSPS) is 12.5. The van der Waals surface area contributed by atoms with Crippen molar-refractivity contribution in [2.75, 3.05) is 18.0 Å². The third-order valence-corrected chi connectivity index (χ3v) is 3.84. The van der Waals surface area contributed by atoms with E-state index in [2.05, 4.69) is 43.9 Å². The van der Waals surface area contributed by atoms with Crippen molar-refractivity contribution in [3.8, 4) is 0 Å². The first-order valence-electron chi connectivity index (χ1n) is 7.41. The molecule has 1 aromatic rings. The number of halogens is 1. The van der Waals surface area contributed by atoms with E-state index in [9.17, 15) is 0 Å². The van der Waals surface area contributed by atoms with E-state index in [1.807, 2.05) is 0 Å². The van der Waals surface area contributed by atoms with Crippen molar-refractivity contribution in [3.63, 3.8) is 0 Å². The summed E-state index contributed by atoms with van der Waals surface area (Å²) in [4.78, 5) is 2.34. The molecule has 3 heteroatoms. The lowest BCUT2D eigenvalue weighted by atomic mass is 10.0. The van der Waals surface area contributed by atoms with Crippen molar-refractivity contribution >= 4 is 17.3 Å². The monoisotopic (exact) mass is 282 g/mol. The standard InChI is InChI=1S/C16H27ClN2/c1-4-7-10-19(6-3)16-9-8-13(12-15(16)17)11-14(18)5-2/h8-9,12,14H,4-7,10-11,18H2,1-3H3. The van der Waals surface area contributed by atoms with Crippen molar-refractivity contribution in [1.29, 1.82) is 0 Å². The first kappa shape index (κ1) is 16.3. The third-order valence-electron chi connectivity index (χ3n) is 3.54. The molecule has 108 valence electrons. The van der Waals surface area contributed by atoms with Crippen LogP contribution in [0.25, 0.3) is 0 Å². The predicted molar refractivity (Wildman–Crippen MR) is 86.2 cm³/mol. The fourth-order valence-electron chi connectivity index (χ4n) is 2.18. The molecule has 19 heavy (non-hydrogen) atoms. The number of anilines is 1. The van der Waals surface area contributed by atoms with Crippen LogP contribution in [0.4, 0.5) is 5.69 Å². The molecule has 0 aliphatic carbocycles. The maximum atomic E-state index is 6.43. The molecule has 0 aliphatic rings. The van der Waals surface area contributed by atoms with Crippen LogP contribution in [-0.2, 0) is 6.42 Å². The highest BCUT2D eigenvalue weighted by atomic mass is 35.5. The zero-order valence-electron chi connectivity index (χ0n) is 12.5. The molecule has 0 amide bonds. The first-order valence-corrected chi connectivity index (χ1v) is 7.79. The van der Waals surface area contributed by atoms with Crippen LogP contribution >= 0.6 is 11.6 Å². The van der Waals surface area contributed by atoms with Crippen molar-refractivity contribution in [2.45, 2.75) is 52.5 Å². The number of hydrogen-bond acceptors (Lipinski definition) is 2. The lowest BCUT2D eigenvalue weighted by molar-refractivity contribution is 0.646. The van der Waals surface area contributed by atoms with E-state index < -0.39 is 0 Å². The minimum Gasteiger partial charge on any atom is -0.371 e. The van der Waals surface area contributed by atoms with E-state index in [0.29, 0.717) is 0 Å². The van der Waals surface area contributed by atoms with Crippen LogP contribution in [0.1, 0.15) is 45.6 Å². The second-order valence-corrected chi connectivity index (χ2v) is 5.50. The molecule has 2 N–H and O–H groups in total. The quantitative estimate of drug-likeness (QED) is 0.772. The number of nitrogens with two attached hydrogens (primary N) is 1. The summed E-state index contributed by atoms with van der Waals surface area (Å²) in [5, 5.41) is 0.846. The van der Waals surface area contributed by atoms with Crippen LogP contribution in [0, 0.1) is 0 Å². The molecule has 1 atom stereocenters. The number of nitrogens with zero attached hydrogens (tertiary/aromatic N) is 1. The van der Waals surface area contributed by atoms with Gasteiger partial charge in [-0.2, -0.15) is 0 Å². The number of benzene rings is 1. The maximum absolute atomic E-state index is 6.43. The maximum Gasteiger partial charge on any atom is 0.0642 e. The highest BCUT2D eigenvalue weighted by molar-refractivity contribution is 6.33. The second-order valence-electron chi connectivity index (χ2n) is 5.09. The first-order chi connectivity index (χ1) is 9.12. The predicted octanol–water partition coefficient (Wildman–Crippen LogP) is 4.25. The lowest BCUT2D eigenvalue weighted by Gasteiger charge is -2.24. The van der Waals surface area contributed by atoms with E-state index in [4.69, 9.17) is 17.3 Å². The van der Waals surface area contributed by atoms with Gasteiger partial charge in [0.1, 0.15) is 0 Å². The highest BCUT2D eigenvalue weighted by Gasteiger charge is 2.10. The van der Waals surface area contributed by atoms with Gasteiger partial charge < -0.3 is 10.6 Å². The average molecular weight is 283 g/mol. The summed E-state index contributed by atoms with van der Waals surface area (Å²) in [7, 11) is 0. The smallest absolute Gasteiger partial charge is 0.0642 e. The molecule has 0 radical (unpaired) electrons. The molecule has 0 bridgehead atoms. The van der Waals surface area contributed by atoms with Gasteiger partial charge in [0.05, 0.1) is 10.7 Å². The SMILES string of the molecule is CCCCN(CC)c1ccc(CC(N)CC)cc1Cl. The number of unbranched alkanes of at least 4 members (excludes halogenated alkanes) is 1. The summed E-state index contributed by atoms with van der Waals surface area (Å²) >= 11 is 6.43. The Bertz CT molecular complexity index is 379. The Morgan fingerprint density at radius 2 is 2.00 bits per heavy atom. The minimum absolute atomic E-state index is 0.226. The van der Waals surface area contributed by atoms with E-state index in [-0.39, 0.29) is 6.04 Å². The summed E-state index contributed by atoms with van der Waals surface area (Å²) < 4.78 is 0. The summed E-state index contributed by atoms with van der Waals surface area (Å²) in [6.07, 6.45) is 4.30. The summed E-state index contributed by atoms with van der Waals surface area (Å²) in [5.41, 5.74) is 8.37. The van der Waals surface area contributed by atoms with Crippen LogP contribution in [0.15, 0.2) is 18.2 Å². The minimum atomic E-state index is 0.226. The van der Waals surface area contributed by atoms with Crippen LogP contribution in [0.3, 0.4) is 0 Å². The summed E-state index contributed by atoms with van der Waals surface area (Å²) in [5.74, 6) is 0. The van der Waals surface area contributed by atoms with Crippen LogP contribution in [0.5, 0.6) is 0 Å². The van der Waals surface area contributed by atoms with Gasteiger partial charge in [0.15, 0.2) is 0 Å². The van der Waals surface area contributed by atoms with Gasteiger partial charge in [-0.25, -0.2) is 0 Å². The van der Waals surface area contributed by atoms with E-state index in [0.717, 1.165) is 36.6 Å². The molecule has 0 aromatic heterocycles. The van der Waals surface area contributed by atoms with Gasteiger partial charge >= 0.3 is 0 Å². The largest absolute Gasteiger partial charge is 0.371 e. The third kappa shape index (κ3) is 5.04. The Kier molecular flexibility index (Phi) is 7.25. The molecule has 0 saturated heterocycles. The van der Waals surface area contributed by atoms with Crippen LogP contribution < -0.4 is 10.6 Å². The Hall–Kier alpha value is -0.730. The molecule has 1 unspecified atom stereocenters. The molecule has 0 saturated carbocycles. The molecule has 2 nitrogen and oxygen atoms in total. The van der Waals surface area contributed by atoms with Gasteiger partial charge in [-0.15, -0.1) is 0 Å². The molecule has 0 fully saturated rings. The average Bonchev–Trinajstić information content (AvgIpc) is 2.41. The highest BCUT2D eigenvalue weighted by Crippen LogP contribution is 2.27. The van der Waals surface area contributed by atoms with Gasteiger partial charge in [-0.3, -0.25) is 0 Å². The molecule has 1 rings (SSSR count). The van der Waals surface area contributed by atoms with E-state index in [1.54, 1.807) is 0 Å². The Labute approximate surface area is 122 Å². The molecule has 0 heterocycles. The molecular formula is C16H27ClN2. The molecule has 0 aliphatic heterocycles. The fraction of sp³-hybridized carbons (Fsp3) is 0.625. The Morgan fingerprint density at radius 1 is 1.26 bits per heavy atom. The topological polar surface area (TPSA) is 29.3 Å². The van der Waals surface area contributed by atoms with Crippen molar-refractivity contribution < 1.29 is 0 Å². The van der Waals surface area contributed by atoms with Gasteiger partial charge in [0, 0.05) is 19.1 Å². The Morgan fingerprint density at radius 3 is 2.53 bits per heavy atom. The lowest BCUT2D eigenvalue weighted by Crippen LogP contribution is -2.24. The molecule has 0 spiro atoms. The van der Waals surface area contributed by atoms with Crippen molar-refractivity contribution in [1.82, 2.24) is 0 Å². The zero-order valence-corrected chi connectivity index (χ0v) is 13.2. The van der Waals surface area contributed by atoms with E-state index >= 15 is 0 Å². The second kappa shape index (κ2) is 8.44. The van der Waals surface area contributed by atoms with Crippen LogP contribution in [-0.4, -0.2) is 19.1 Å².